The van der Waals surface area contributed by atoms with Crippen molar-refractivity contribution in [1.82, 2.24) is 10.2 Å². The fourth-order valence-electron chi connectivity index (χ4n) is 2.71. The number of aliphatic hydroxyl groups is 1. The molecule has 1 unspecified atom stereocenters. The monoisotopic (exact) mass is 305 g/mol. The normalized spacial score (nSPS) is 17.3. The van der Waals surface area contributed by atoms with Crippen molar-refractivity contribution in [1.29, 1.82) is 0 Å². The van der Waals surface area contributed by atoms with Crippen molar-refractivity contribution < 1.29 is 9.90 Å². The van der Waals surface area contributed by atoms with Crippen LogP contribution in [0.4, 0.5) is 5.69 Å². The summed E-state index contributed by atoms with van der Waals surface area (Å²) in [4.78, 5) is 16.4. The summed E-state index contributed by atoms with van der Waals surface area (Å²) in [6.07, 6.45) is 0.495. The number of amides is 1. The zero-order valence-corrected chi connectivity index (χ0v) is 13.6. The smallest absolute Gasteiger partial charge is 0.221 e. The lowest BCUT2D eigenvalue weighted by atomic mass is 10.2. The van der Waals surface area contributed by atoms with E-state index in [4.69, 9.17) is 5.11 Å². The Balaban J connectivity index is 1.72. The van der Waals surface area contributed by atoms with Crippen LogP contribution in [0.5, 0.6) is 0 Å². The molecule has 0 spiro atoms. The topological polar surface area (TPSA) is 55.8 Å². The highest BCUT2D eigenvalue weighted by atomic mass is 16.3. The van der Waals surface area contributed by atoms with E-state index in [1.807, 2.05) is 0 Å². The van der Waals surface area contributed by atoms with E-state index in [0.717, 1.165) is 32.7 Å². The molecule has 1 aliphatic heterocycles. The summed E-state index contributed by atoms with van der Waals surface area (Å²) in [5.41, 5.74) is 2.57. The van der Waals surface area contributed by atoms with Crippen LogP contribution >= 0.6 is 0 Å². The molecule has 1 atom stereocenters. The third kappa shape index (κ3) is 5.00. The molecule has 122 valence electrons. The third-order valence-corrected chi connectivity index (χ3v) is 4.08. The Kier molecular flexibility index (Phi) is 6.21. The zero-order chi connectivity index (χ0) is 15.9. The molecule has 1 aromatic rings. The van der Waals surface area contributed by atoms with Crippen LogP contribution in [-0.2, 0) is 4.79 Å². The SMILES string of the molecule is Cc1cccc(N2CCN(CCC(=O)NC(C)CO)CC2)c1. The van der Waals surface area contributed by atoms with Gasteiger partial charge in [-0.15, -0.1) is 0 Å². The van der Waals surface area contributed by atoms with Crippen molar-refractivity contribution in [3.63, 3.8) is 0 Å². The van der Waals surface area contributed by atoms with E-state index in [1.54, 1.807) is 6.92 Å². The maximum Gasteiger partial charge on any atom is 0.221 e. The molecule has 1 heterocycles. The molecule has 1 fully saturated rings. The Morgan fingerprint density at radius 1 is 1.32 bits per heavy atom. The van der Waals surface area contributed by atoms with Crippen molar-refractivity contribution in [2.75, 3.05) is 44.2 Å². The Bertz CT molecular complexity index is 485. The minimum absolute atomic E-state index is 0.0130. The van der Waals surface area contributed by atoms with Crippen LogP contribution < -0.4 is 10.2 Å². The molecular weight excluding hydrogens is 278 g/mol. The number of benzene rings is 1. The maximum absolute atomic E-state index is 11.7. The summed E-state index contributed by atoms with van der Waals surface area (Å²) in [5.74, 6) is 0.0164. The number of hydrogen-bond donors (Lipinski definition) is 2. The highest BCUT2D eigenvalue weighted by Crippen LogP contribution is 2.17. The maximum atomic E-state index is 11.7. The lowest BCUT2D eigenvalue weighted by Gasteiger charge is -2.36. The highest BCUT2D eigenvalue weighted by molar-refractivity contribution is 5.76. The summed E-state index contributed by atoms with van der Waals surface area (Å²) in [7, 11) is 0. The number of carbonyl (C=O) groups is 1. The van der Waals surface area contributed by atoms with Gasteiger partial charge in [0.05, 0.1) is 6.61 Å². The van der Waals surface area contributed by atoms with E-state index in [9.17, 15) is 4.79 Å². The van der Waals surface area contributed by atoms with Crippen molar-refractivity contribution in [3.05, 3.63) is 29.8 Å². The summed E-state index contributed by atoms with van der Waals surface area (Å²) in [5, 5.41) is 11.7. The molecule has 2 rings (SSSR count). The summed E-state index contributed by atoms with van der Waals surface area (Å²) < 4.78 is 0. The molecule has 0 saturated carbocycles. The Morgan fingerprint density at radius 2 is 2.05 bits per heavy atom. The Hall–Kier alpha value is -1.59. The molecule has 1 aliphatic rings. The van der Waals surface area contributed by atoms with E-state index in [2.05, 4.69) is 46.3 Å². The van der Waals surface area contributed by atoms with E-state index in [0.29, 0.717) is 6.42 Å². The summed E-state index contributed by atoms with van der Waals surface area (Å²) in [6.45, 7) is 8.65. The van der Waals surface area contributed by atoms with Crippen LogP contribution in [-0.4, -0.2) is 61.3 Å². The Labute approximate surface area is 132 Å². The Morgan fingerprint density at radius 3 is 2.68 bits per heavy atom. The zero-order valence-electron chi connectivity index (χ0n) is 13.6. The number of aryl methyl sites for hydroxylation is 1. The van der Waals surface area contributed by atoms with Crippen molar-refractivity contribution in [2.45, 2.75) is 26.3 Å². The number of hydrogen-bond acceptors (Lipinski definition) is 4. The van der Waals surface area contributed by atoms with Gasteiger partial charge in [-0.2, -0.15) is 0 Å². The van der Waals surface area contributed by atoms with Crippen LogP contribution in [0.3, 0.4) is 0 Å². The van der Waals surface area contributed by atoms with Crippen LogP contribution in [0.2, 0.25) is 0 Å². The minimum Gasteiger partial charge on any atom is -0.394 e. The van der Waals surface area contributed by atoms with E-state index in [-0.39, 0.29) is 18.6 Å². The lowest BCUT2D eigenvalue weighted by molar-refractivity contribution is -0.122. The first-order chi connectivity index (χ1) is 10.6. The van der Waals surface area contributed by atoms with Crippen LogP contribution in [0.25, 0.3) is 0 Å². The van der Waals surface area contributed by atoms with Gasteiger partial charge in [-0.3, -0.25) is 9.69 Å². The molecule has 0 aliphatic carbocycles. The van der Waals surface area contributed by atoms with Gasteiger partial charge in [0.15, 0.2) is 0 Å². The van der Waals surface area contributed by atoms with Gasteiger partial charge in [0.2, 0.25) is 5.91 Å². The quantitative estimate of drug-likeness (QED) is 0.823. The summed E-state index contributed by atoms with van der Waals surface area (Å²) >= 11 is 0. The van der Waals surface area contributed by atoms with Gasteiger partial charge in [0.25, 0.3) is 0 Å². The average Bonchev–Trinajstić information content (AvgIpc) is 2.53. The number of rotatable bonds is 6. The molecule has 2 N–H and O–H groups in total. The number of aliphatic hydroxyl groups excluding tert-OH is 1. The third-order valence-electron chi connectivity index (χ3n) is 4.08. The minimum atomic E-state index is -0.161. The molecule has 22 heavy (non-hydrogen) atoms. The highest BCUT2D eigenvalue weighted by Gasteiger charge is 2.18. The second-order valence-electron chi connectivity index (χ2n) is 6.07. The fourth-order valence-corrected chi connectivity index (χ4v) is 2.71. The standard InChI is InChI=1S/C17H27N3O2/c1-14-4-3-5-16(12-14)20-10-8-19(9-11-20)7-6-17(22)18-15(2)13-21/h3-5,12,15,21H,6-11,13H2,1-2H3,(H,18,22). The molecule has 5 heteroatoms. The average molecular weight is 305 g/mol. The van der Waals surface area contributed by atoms with Gasteiger partial charge in [0.1, 0.15) is 0 Å². The van der Waals surface area contributed by atoms with Gasteiger partial charge in [0, 0.05) is 50.9 Å². The molecule has 0 radical (unpaired) electrons. The number of nitrogens with zero attached hydrogens (tertiary/aromatic N) is 2. The molecule has 1 amide bonds. The number of anilines is 1. The van der Waals surface area contributed by atoms with Gasteiger partial charge < -0.3 is 15.3 Å². The van der Waals surface area contributed by atoms with Gasteiger partial charge in [-0.25, -0.2) is 0 Å². The lowest BCUT2D eigenvalue weighted by Crippen LogP contribution is -2.47. The van der Waals surface area contributed by atoms with Gasteiger partial charge in [-0.05, 0) is 31.5 Å². The van der Waals surface area contributed by atoms with Crippen molar-refractivity contribution in [2.24, 2.45) is 0 Å². The van der Waals surface area contributed by atoms with Crippen LogP contribution in [0.15, 0.2) is 24.3 Å². The van der Waals surface area contributed by atoms with Gasteiger partial charge in [-0.1, -0.05) is 12.1 Å². The second kappa shape index (κ2) is 8.15. The first-order valence-electron chi connectivity index (χ1n) is 8.02. The molecule has 5 nitrogen and oxygen atoms in total. The summed E-state index contributed by atoms with van der Waals surface area (Å²) in [6, 6.07) is 8.44. The van der Waals surface area contributed by atoms with Crippen molar-refractivity contribution in [3.8, 4) is 0 Å². The molecule has 1 saturated heterocycles. The fraction of sp³-hybridized carbons (Fsp3) is 0.588. The van der Waals surface area contributed by atoms with E-state index < -0.39 is 0 Å². The number of carbonyl (C=O) groups excluding carboxylic acids is 1. The number of piperazine rings is 1. The van der Waals surface area contributed by atoms with Crippen LogP contribution in [0, 0.1) is 6.92 Å². The molecule has 0 bridgehead atoms. The number of nitrogens with one attached hydrogen (secondary N) is 1. The van der Waals surface area contributed by atoms with Gasteiger partial charge >= 0.3 is 0 Å². The van der Waals surface area contributed by atoms with E-state index in [1.165, 1.54) is 11.3 Å². The van der Waals surface area contributed by atoms with Crippen molar-refractivity contribution >= 4 is 11.6 Å². The largest absolute Gasteiger partial charge is 0.394 e. The predicted octanol–water partition coefficient (Wildman–Crippen LogP) is 1.00. The second-order valence-corrected chi connectivity index (χ2v) is 6.07. The molecular formula is C17H27N3O2. The van der Waals surface area contributed by atoms with Crippen LogP contribution in [0.1, 0.15) is 18.9 Å². The molecule has 1 aromatic carbocycles. The predicted molar refractivity (Wildman–Crippen MR) is 89.1 cm³/mol. The molecule has 0 aromatic heterocycles. The first-order valence-corrected chi connectivity index (χ1v) is 8.02. The first kappa shape index (κ1) is 16.8. The van der Waals surface area contributed by atoms with E-state index >= 15 is 0 Å².